The first-order valence-corrected chi connectivity index (χ1v) is 9.87. The highest BCUT2D eigenvalue weighted by molar-refractivity contribution is 7.19. The quantitative estimate of drug-likeness (QED) is 0.554. The van der Waals surface area contributed by atoms with Crippen LogP contribution >= 0.6 is 11.3 Å². The summed E-state index contributed by atoms with van der Waals surface area (Å²) in [5.74, 6) is 0.807. The van der Waals surface area contributed by atoms with Crippen molar-refractivity contribution in [1.82, 2.24) is 4.98 Å². The van der Waals surface area contributed by atoms with Crippen LogP contribution in [0.3, 0.4) is 0 Å². The monoisotopic (exact) mass is 397 g/mol. The van der Waals surface area contributed by atoms with Crippen molar-refractivity contribution in [3.05, 3.63) is 53.0 Å². The minimum Gasteiger partial charge on any atom is -0.493 e. The minimum atomic E-state index is -0.894. The summed E-state index contributed by atoms with van der Waals surface area (Å²) in [6, 6.07) is 13.4. The van der Waals surface area contributed by atoms with Gasteiger partial charge in [0.2, 0.25) is 0 Å². The number of para-hydroxylation sites is 1. The highest BCUT2D eigenvalue weighted by Gasteiger charge is 2.14. The van der Waals surface area contributed by atoms with E-state index in [0.717, 1.165) is 15.8 Å². The number of hydrogen-bond donors (Lipinski definition) is 1. The van der Waals surface area contributed by atoms with Gasteiger partial charge in [-0.25, -0.2) is 4.98 Å². The number of methoxy groups -OCH3 is 1. The topological polar surface area (TPSA) is 68.7 Å². The molecule has 146 valence electrons. The maximum atomic E-state index is 11.4. The normalized spacial score (nSPS) is 11.8. The maximum Gasteiger partial charge on any atom is 0.307 e. The van der Waals surface area contributed by atoms with Crippen LogP contribution in [0.1, 0.15) is 30.8 Å². The Morgan fingerprint density at radius 1 is 1.21 bits per heavy atom. The molecule has 0 atom stereocenters. The van der Waals surface area contributed by atoms with Gasteiger partial charge in [-0.15, -0.1) is 11.3 Å². The molecule has 0 spiro atoms. The molecule has 28 heavy (non-hydrogen) atoms. The number of hydrogen-bond acceptors (Lipinski definition) is 5. The van der Waals surface area contributed by atoms with Crippen molar-refractivity contribution in [2.24, 2.45) is 5.92 Å². The first-order chi connectivity index (χ1) is 13.5. The van der Waals surface area contributed by atoms with Crippen LogP contribution in [-0.2, 0) is 4.79 Å². The molecule has 0 radical (unpaired) electrons. The third-order valence-electron chi connectivity index (χ3n) is 4.01. The summed E-state index contributed by atoms with van der Waals surface area (Å²) in [6.45, 7) is 4.76. The van der Waals surface area contributed by atoms with E-state index >= 15 is 0 Å². The van der Waals surface area contributed by atoms with Crippen molar-refractivity contribution in [2.45, 2.75) is 20.3 Å². The predicted molar refractivity (Wildman–Crippen MR) is 113 cm³/mol. The summed E-state index contributed by atoms with van der Waals surface area (Å²) < 4.78 is 12.3. The number of carboxylic acid groups (broad SMARTS) is 1. The fraction of sp³-hybridized carbons (Fsp3) is 0.273. The number of aromatic nitrogens is 1. The zero-order chi connectivity index (χ0) is 20.1. The second-order valence-corrected chi connectivity index (χ2v) is 7.87. The number of thiazole rings is 1. The van der Waals surface area contributed by atoms with E-state index in [1.165, 1.54) is 11.3 Å². The van der Waals surface area contributed by atoms with Crippen LogP contribution in [0.5, 0.6) is 11.5 Å². The van der Waals surface area contributed by atoms with Crippen molar-refractivity contribution < 1.29 is 19.4 Å². The molecule has 0 aliphatic rings. The van der Waals surface area contributed by atoms with E-state index in [2.05, 4.69) is 18.8 Å². The lowest BCUT2D eigenvalue weighted by molar-refractivity contribution is -0.135. The van der Waals surface area contributed by atoms with E-state index in [9.17, 15) is 9.90 Å². The fourth-order valence-electron chi connectivity index (χ4n) is 2.71. The average molecular weight is 397 g/mol. The highest BCUT2D eigenvalue weighted by atomic mass is 32.1. The van der Waals surface area contributed by atoms with Gasteiger partial charge in [-0.2, -0.15) is 0 Å². The van der Waals surface area contributed by atoms with Crippen LogP contribution in [0.15, 0.2) is 42.5 Å². The van der Waals surface area contributed by atoms with Gasteiger partial charge in [0.05, 0.1) is 30.4 Å². The van der Waals surface area contributed by atoms with Gasteiger partial charge in [0.1, 0.15) is 5.01 Å². The lowest BCUT2D eigenvalue weighted by Crippen LogP contribution is -2.05. The molecule has 0 aliphatic carbocycles. The van der Waals surface area contributed by atoms with E-state index in [0.29, 0.717) is 34.6 Å². The second-order valence-electron chi connectivity index (χ2n) is 6.84. The molecular weight excluding hydrogens is 374 g/mol. The summed E-state index contributed by atoms with van der Waals surface area (Å²) in [7, 11) is 1.59. The lowest BCUT2D eigenvalue weighted by atomic mass is 10.1. The number of rotatable bonds is 8. The molecule has 1 N–H and O–H groups in total. The number of ether oxygens (including phenoxy) is 2. The number of carboxylic acids is 1. The number of nitrogens with zero attached hydrogens (tertiary/aromatic N) is 1. The second kappa shape index (κ2) is 8.89. The molecule has 0 saturated heterocycles. The van der Waals surface area contributed by atoms with Crippen LogP contribution in [0.4, 0.5) is 0 Å². The largest absolute Gasteiger partial charge is 0.493 e. The van der Waals surface area contributed by atoms with Crippen LogP contribution < -0.4 is 9.47 Å². The van der Waals surface area contributed by atoms with Gasteiger partial charge in [-0.1, -0.05) is 32.0 Å². The Morgan fingerprint density at radius 2 is 2.00 bits per heavy atom. The summed E-state index contributed by atoms with van der Waals surface area (Å²) in [5, 5.41) is 10.1. The minimum absolute atomic E-state index is 0.103. The van der Waals surface area contributed by atoms with Crippen LogP contribution in [0, 0.1) is 5.92 Å². The summed E-state index contributed by atoms with van der Waals surface area (Å²) in [5.41, 5.74) is 2.37. The average Bonchev–Trinajstić information content (AvgIpc) is 3.10. The van der Waals surface area contributed by atoms with Crippen LogP contribution in [-0.4, -0.2) is 29.8 Å². The van der Waals surface area contributed by atoms with Gasteiger partial charge in [0.25, 0.3) is 0 Å². The van der Waals surface area contributed by atoms with Gasteiger partial charge in [0.15, 0.2) is 11.5 Å². The Kier molecular flexibility index (Phi) is 6.31. The number of benzene rings is 2. The molecule has 6 heteroatoms. The molecule has 3 aromatic rings. The zero-order valence-corrected chi connectivity index (χ0v) is 17.0. The first-order valence-electron chi connectivity index (χ1n) is 9.05. The lowest BCUT2D eigenvalue weighted by Gasteiger charge is -2.13. The van der Waals surface area contributed by atoms with Gasteiger partial charge in [-0.3, -0.25) is 4.79 Å². The van der Waals surface area contributed by atoms with Crippen LogP contribution in [0.25, 0.3) is 21.9 Å². The highest BCUT2D eigenvalue weighted by Crippen LogP contribution is 2.33. The zero-order valence-electron chi connectivity index (χ0n) is 16.1. The Bertz CT molecular complexity index is 974. The molecule has 0 fully saturated rings. The van der Waals surface area contributed by atoms with Crippen LogP contribution in [0.2, 0.25) is 0 Å². The predicted octanol–water partition coefficient (Wildman–Crippen LogP) is 5.36. The van der Waals surface area contributed by atoms with E-state index in [-0.39, 0.29) is 6.42 Å². The van der Waals surface area contributed by atoms with Crippen molar-refractivity contribution in [3.63, 3.8) is 0 Å². The smallest absolute Gasteiger partial charge is 0.307 e. The first kappa shape index (κ1) is 19.9. The standard InChI is InChI=1S/C22H23NO4S/c1-14(2)13-27-18-9-8-15(11-19(18)26-3)10-16(12-21(24)25)22-23-17-6-4-5-7-20(17)28-22/h4-11,14H,12-13H2,1-3H3,(H,24,25)/b16-10+. The molecule has 5 nitrogen and oxygen atoms in total. The SMILES string of the molecule is COc1cc(/C=C(\CC(=O)O)c2nc3ccccc3s2)ccc1OCC(C)C. The Hall–Kier alpha value is -2.86. The van der Waals surface area contributed by atoms with E-state index in [4.69, 9.17) is 9.47 Å². The van der Waals surface area contributed by atoms with E-state index in [1.807, 2.05) is 48.5 Å². The third-order valence-corrected chi connectivity index (χ3v) is 5.12. The summed E-state index contributed by atoms with van der Waals surface area (Å²) in [6.07, 6.45) is 1.74. The molecule has 0 amide bonds. The van der Waals surface area contributed by atoms with E-state index in [1.54, 1.807) is 7.11 Å². The molecule has 0 bridgehead atoms. The Balaban J connectivity index is 1.96. The van der Waals surface area contributed by atoms with Gasteiger partial charge in [0, 0.05) is 0 Å². The van der Waals surface area contributed by atoms with Crippen molar-refractivity contribution >= 4 is 39.2 Å². The van der Waals surface area contributed by atoms with Gasteiger partial charge < -0.3 is 14.6 Å². The molecule has 0 saturated carbocycles. The Labute approximate surface area is 168 Å². The van der Waals surface area contributed by atoms with E-state index < -0.39 is 5.97 Å². The fourth-order valence-corrected chi connectivity index (χ4v) is 3.69. The number of carbonyl (C=O) groups is 1. The number of fused-ring (bicyclic) bond motifs is 1. The molecule has 0 unspecified atom stereocenters. The molecule has 0 aliphatic heterocycles. The summed E-state index contributed by atoms with van der Waals surface area (Å²) >= 11 is 1.49. The molecule has 2 aromatic carbocycles. The molecular formula is C22H23NO4S. The van der Waals surface area contributed by atoms with Crippen molar-refractivity contribution in [1.29, 1.82) is 0 Å². The van der Waals surface area contributed by atoms with Crippen molar-refractivity contribution in [2.75, 3.05) is 13.7 Å². The van der Waals surface area contributed by atoms with Gasteiger partial charge in [-0.05, 0) is 47.4 Å². The van der Waals surface area contributed by atoms with Gasteiger partial charge >= 0.3 is 5.97 Å². The number of aliphatic carboxylic acids is 1. The molecule has 1 heterocycles. The van der Waals surface area contributed by atoms with Crippen molar-refractivity contribution in [3.8, 4) is 11.5 Å². The molecule has 1 aromatic heterocycles. The Morgan fingerprint density at radius 3 is 2.68 bits per heavy atom. The third kappa shape index (κ3) is 4.89. The molecule has 3 rings (SSSR count). The summed E-state index contributed by atoms with van der Waals surface area (Å²) in [4.78, 5) is 16.0. The maximum absolute atomic E-state index is 11.4.